The minimum Gasteiger partial charge on any atom is -0.463 e. The van der Waals surface area contributed by atoms with E-state index < -0.39 is 0 Å². The largest absolute Gasteiger partial charge is 0.463 e. The molecule has 0 aromatic heterocycles. The van der Waals surface area contributed by atoms with Gasteiger partial charge in [0, 0.05) is 11.1 Å². The molecular weight excluding hydrogens is 212 g/mol. The first-order valence-electron chi connectivity index (χ1n) is 4.75. The van der Waals surface area contributed by atoms with E-state index in [0.29, 0.717) is 11.6 Å². The lowest BCUT2D eigenvalue weighted by Crippen LogP contribution is -1.98. The number of carbonyl (C=O) groups excluding carboxylic acids is 1. The fraction of sp³-hybridized carbons (Fsp3) is 0.250. The minimum absolute atomic E-state index is 0.350. The van der Waals surface area contributed by atoms with E-state index in [2.05, 4.69) is 0 Å². The van der Waals surface area contributed by atoms with Crippen molar-refractivity contribution in [2.75, 3.05) is 6.61 Å². The predicted octanol–water partition coefficient (Wildman–Crippen LogP) is 3.22. The SMILES string of the molecule is CCOC(=O)C=Cc1c(C)cccc1Cl. The monoisotopic (exact) mass is 224 g/mol. The molecule has 0 N–H and O–H groups in total. The lowest BCUT2D eigenvalue weighted by molar-refractivity contribution is -0.137. The lowest BCUT2D eigenvalue weighted by Gasteiger charge is -2.02. The molecule has 80 valence electrons. The molecule has 0 atom stereocenters. The molecule has 0 saturated carbocycles. The van der Waals surface area contributed by atoms with Crippen LogP contribution in [0.15, 0.2) is 24.3 Å². The average Bonchev–Trinajstić information content (AvgIpc) is 2.17. The van der Waals surface area contributed by atoms with Crippen LogP contribution in [0.25, 0.3) is 6.08 Å². The summed E-state index contributed by atoms with van der Waals surface area (Å²) >= 11 is 5.99. The van der Waals surface area contributed by atoms with Gasteiger partial charge < -0.3 is 4.74 Å². The van der Waals surface area contributed by atoms with Gasteiger partial charge in [-0.15, -0.1) is 0 Å². The van der Waals surface area contributed by atoms with Gasteiger partial charge in [0.1, 0.15) is 0 Å². The standard InChI is InChI=1S/C12H13ClO2/c1-3-15-12(14)8-7-10-9(2)5-4-6-11(10)13/h4-8H,3H2,1-2H3. The van der Waals surface area contributed by atoms with Gasteiger partial charge in [-0.3, -0.25) is 0 Å². The second kappa shape index (κ2) is 5.56. The lowest BCUT2D eigenvalue weighted by atomic mass is 10.1. The minimum atomic E-state index is -0.350. The highest BCUT2D eigenvalue weighted by Gasteiger charge is 2.00. The number of rotatable bonds is 3. The maximum atomic E-state index is 11.1. The van der Waals surface area contributed by atoms with Gasteiger partial charge in [0.2, 0.25) is 0 Å². The zero-order valence-electron chi connectivity index (χ0n) is 8.79. The first kappa shape index (κ1) is 11.8. The van der Waals surface area contributed by atoms with Crippen LogP contribution in [0.1, 0.15) is 18.1 Å². The summed E-state index contributed by atoms with van der Waals surface area (Å²) in [4.78, 5) is 11.1. The summed E-state index contributed by atoms with van der Waals surface area (Å²) in [6, 6.07) is 5.61. The highest BCUT2D eigenvalue weighted by atomic mass is 35.5. The topological polar surface area (TPSA) is 26.3 Å². The number of hydrogen-bond acceptors (Lipinski definition) is 2. The summed E-state index contributed by atoms with van der Waals surface area (Å²) < 4.78 is 4.77. The summed E-state index contributed by atoms with van der Waals surface area (Å²) in [5.74, 6) is -0.350. The Bertz CT molecular complexity index is 363. The van der Waals surface area contributed by atoms with E-state index in [-0.39, 0.29) is 5.97 Å². The number of benzene rings is 1. The summed E-state index contributed by atoms with van der Waals surface area (Å²) in [5, 5.41) is 0.635. The third-order valence-corrected chi connectivity index (χ3v) is 2.27. The van der Waals surface area contributed by atoms with Gasteiger partial charge in [-0.05, 0) is 37.1 Å². The normalized spacial score (nSPS) is 10.6. The maximum Gasteiger partial charge on any atom is 0.330 e. The molecule has 1 rings (SSSR count). The molecule has 0 aliphatic carbocycles. The van der Waals surface area contributed by atoms with Crippen LogP contribution in [0, 0.1) is 6.92 Å². The fourth-order valence-corrected chi connectivity index (χ4v) is 1.48. The van der Waals surface area contributed by atoms with Crippen molar-refractivity contribution in [1.29, 1.82) is 0 Å². The van der Waals surface area contributed by atoms with Crippen LogP contribution in [0.5, 0.6) is 0 Å². The highest BCUT2D eigenvalue weighted by molar-refractivity contribution is 6.32. The molecule has 0 heterocycles. The molecule has 0 radical (unpaired) electrons. The quantitative estimate of drug-likeness (QED) is 0.582. The van der Waals surface area contributed by atoms with Gasteiger partial charge in [0.15, 0.2) is 0 Å². The van der Waals surface area contributed by atoms with Crippen molar-refractivity contribution in [2.45, 2.75) is 13.8 Å². The molecule has 0 fully saturated rings. The highest BCUT2D eigenvalue weighted by Crippen LogP contribution is 2.20. The summed E-state index contributed by atoms with van der Waals surface area (Å²) in [6.45, 7) is 4.09. The molecule has 0 spiro atoms. The third kappa shape index (κ3) is 3.40. The molecule has 0 aliphatic rings. The van der Waals surface area contributed by atoms with E-state index in [0.717, 1.165) is 11.1 Å². The Morgan fingerprint density at radius 3 is 2.87 bits per heavy atom. The Balaban J connectivity index is 2.84. The van der Waals surface area contributed by atoms with Gasteiger partial charge in [0.25, 0.3) is 0 Å². The van der Waals surface area contributed by atoms with Gasteiger partial charge in [-0.1, -0.05) is 23.7 Å². The van der Waals surface area contributed by atoms with Crippen LogP contribution < -0.4 is 0 Å². The second-order valence-corrected chi connectivity index (χ2v) is 3.46. The molecule has 15 heavy (non-hydrogen) atoms. The molecule has 1 aromatic carbocycles. The zero-order valence-corrected chi connectivity index (χ0v) is 9.54. The van der Waals surface area contributed by atoms with Crippen LogP contribution >= 0.6 is 11.6 Å². The number of ether oxygens (including phenoxy) is 1. The summed E-state index contributed by atoms with van der Waals surface area (Å²) in [7, 11) is 0. The predicted molar refractivity (Wildman–Crippen MR) is 61.9 cm³/mol. The Morgan fingerprint density at radius 2 is 2.27 bits per heavy atom. The van der Waals surface area contributed by atoms with E-state index in [1.54, 1.807) is 19.1 Å². The molecule has 0 bridgehead atoms. The smallest absolute Gasteiger partial charge is 0.330 e. The van der Waals surface area contributed by atoms with Crippen molar-refractivity contribution < 1.29 is 9.53 Å². The van der Waals surface area contributed by atoms with Crippen molar-refractivity contribution >= 4 is 23.6 Å². The second-order valence-electron chi connectivity index (χ2n) is 3.06. The average molecular weight is 225 g/mol. The molecule has 0 aliphatic heterocycles. The van der Waals surface area contributed by atoms with E-state index in [1.165, 1.54) is 6.08 Å². The van der Waals surface area contributed by atoms with Crippen molar-refractivity contribution in [2.24, 2.45) is 0 Å². The van der Waals surface area contributed by atoms with Gasteiger partial charge >= 0.3 is 5.97 Å². The number of aryl methyl sites for hydroxylation is 1. The van der Waals surface area contributed by atoms with Crippen LogP contribution in [-0.4, -0.2) is 12.6 Å². The third-order valence-electron chi connectivity index (χ3n) is 1.94. The van der Waals surface area contributed by atoms with Crippen LogP contribution in [0.2, 0.25) is 5.02 Å². The molecule has 0 saturated heterocycles. The molecule has 2 nitrogen and oxygen atoms in total. The molecule has 3 heteroatoms. The number of halogens is 1. The van der Waals surface area contributed by atoms with Crippen LogP contribution in [0.4, 0.5) is 0 Å². The van der Waals surface area contributed by atoms with Crippen molar-refractivity contribution in [3.63, 3.8) is 0 Å². The van der Waals surface area contributed by atoms with E-state index in [1.807, 2.05) is 19.1 Å². The van der Waals surface area contributed by atoms with E-state index in [4.69, 9.17) is 16.3 Å². The fourth-order valence-electron chi connectivity index (χ4n) is 1.20. The first-order valence-corrected chi connectivity index (χ1v) is 5.13. The van der Waals surface area contributed by atoms with Crippen molar-refractivity contribution in [1.82, 2.24) is 0 Å². The molecule has 0 amide bonds. The Morgan fingerprint density at radius 1 is 1.53 bits per heavy atom. The van der Waals surface area contributed by atoms with Crippen LogP contribution in [-0.2, 0) is 9.53 Å². The van der Waals surface area contributed by atoms with Gasteiger partial charge in [0.05, 0.1) is 6.61 Å². The number of carbonyl (C=O) groups is 1. The Hall–Kier alpha value is -1.28. The summed E-state index contributed by atoms with van der Waals surface area (Å²) in [6.07, 6.45) is 3.06. The Kier molecular flexibility index (Phi) is 4.37. The van der Waals surface area contributed by atoms with E-state index in [9.17, 15) is 4.79 Å². The molecule has 0 unspecified atom stereocenters. The summed E-state index contributed by atoms with van der Waals surface area (Å²) in [5.41, 5.74) is 1.88. The van der Waals surface area contributed by atoms with Gasteiger partial charge in [-0.2, -0.15) is 0 Å². The molecular formula is C12H13ClO2. The first-order chi connectivity index (χ1) is 7.15. The Labute approximate surface area is 94.5 Å². The van der Waals surface area contributed by atoms with Crippen molar-refractivity contribution in [3.8, 4) is 0 Å². The number of hydrogen-bond donors (Lipinski definition) is 0. The van der Waals surface area contributed by atoms with Crippen molar-refractivity contribution in [3.05, 3.63) is 40.4 Å². The van der Waals surface area contributed by atoms with Gasteiger partial charge in [-0.25, -0.2) is 4.79 Å². The number of esters is 1. The maximum absolute atomic E-state index is 11.1. The van der Waals surface area contributed by atoms with Crippen LogP contribution in [0.3, 0.4) is 0 Å². The van der Waals surface area contributed by atoms with E-state index >= 15 is 0 Å². The zero-order chi connectivity index (χ0) is 11.3. The molecule has 1 aromatic rings.